The fourth-order valence-electron chi connectivity index (χ4n) is 6.19. The van der Waals surface area contributed by atoms with Gasteiger partial charge in [0.05, 0.1) is 18.0 Å². The Balaban J connectivity index is 1.36. The van der Waals surface area contributed by atoms with E-state index >= 15 is 0 Å². The van der Waals surface area contributed by atoms with Gasteiger partial charge in [0, 0.05) is 61.8 Å². The molecule has 0 spiro atoms. The molecule has 43 heavy (non-hydrogen) atoms. The van der Waals surface area contributed by atoms with Crippen LogP contribution in [0.3, 0.4) is 0 Å². The number of carbonyl (C=O) groups excluding carboxylic acids is 1. The van der Waals surface area contributed by atoms with Crippen molar-refractivity contribution in [2.24, 2.45) is 0 Å². The third-order valence-corrected chi connectivity index (χ3v) is 8.67. The standard InChI is InChI=1S/C32H38N10O/c1-22-30(23-10-14-34-28(19-23)40-17-11-25(12-18-40)39(2)3)37-32(26-20-35-27-8-4-5-16-42(26)27)38-31(22)36-24-7-6-15-41(21-24)29(43)9-13-33/h4-5,8,10,14,16,19-20,24-25H,6-7,9,11-12,15,17-18,21H2,1-3H3,(H,36,37,38). The summed E-state index contributed by atoms with van der Waals surface area (Å²) in [6, 6.07) is 12.6. The first-order chi connectivity index (χ1) is 20.9. The van der Waals surface area contributed by atoms with Crippen molar-refractivity contribution in [3.63, 3.8) is 0 Å². The highest BCUT2D eigenvalue weighted by atomic mass is 16.2. The molecule has 6 heterocycles. The quantitative estimate of drug-likeness (QED) is 0.347. The van der Waals surface area contributed by atoms with Crippen molar-refractivity contribution in [2.75, 3.05) is 50.5 Å². The Morgan fingerprint density at radius 2 is 1.95 bits per heavy atom. The van der Waals surface area contributed by atoms with Crippen molar-refractivity contribution in [3.8, 4) is 28.8 Å². The third-order valence-electron chi connectivity index (χ3n) is 8.67. The minimum atomic E-state index is -0.126. The lowest BCUT2D eigenvalue weighted by Crippen LogP contribution is -2.45. The van der Waals surface area contributed by atoms with E-state index in [4.69, 9.17) is 20.2 Å². The van der Waals surface area contributed by atoms with E-state index in [2.05, 4.69) is 40.3 Å². The topological polar surface area (TPSA) is 119 Å². The molecule has 0 saturated carbocycles. The van der Waals surface area contributed by atoms with Gasteiger partial charge >= 0.3 is 0 Å². The van der Waals surface area contributed by atoms with Gasteiger partial charge in [0.15, 0.2) is 5.82 Å². The fraction of sp³-hybridized carbons (Fsp3) is 0.438. The van der Waals surface area contributed by atoms with Gasteiger partial charge in [-0.2, -0.15) is 5.26 Å². The van der Waals surface area contributed by atoms with E-state index < -0.39 is 0 Å². The normalized spacial score (nSPS) is 17.8. The lowest BCUT2D eigenvalue weighted by molar-refractivity contribution is -0.131. The molecule has 11 heteroatoms. The summed E-state index contributed by atoms with van der Waals surface area (Å²) in [5, 5.41) is 12.7. The van der Waals surface area contributed by atoms with Crippen molar-refractivity contribution in [1.82, 2.24) is 34.1 Å². The second-order valence-corrected chi connectivity index (χ2v) is 11.7. The zero-order chi connectivity index (χ0) is 29.9. The summed E-state index contributed by atoms with van der Waals surface area (Å²) in [6.07, 6.45) is 9.52. The molecule has 1 unspecified atom stereocenters. The predicted octanol–water partition coefficient (Wildman–Crippen LogP) is 4.01. The van der Waals surface area contributed by atoms with Crippen molar-refractivity contribution >= 4 is 23.2 Å². The summed E-state index contributed by atoms with van der Waals surface area (Å²) < 4.78 is 1.99. The van der Waals surface area contributed by atoms with Gasteiger partial charge in [-0.25, -0.2) is 19.9 Å². The molecule has 0 aromatic carbocycles. The van der Waals surface area contributed by atoms with Crippen molar-refractivity contribution in [1.29, 1.82) is 5.26 Å². The van der Waals surface area contributed by atoms with Crippen molar-refractivity contribution in [3.05, 3.63) is 54.5 Å². The molecule has 1 amide bonds. The molecule has 2 saturated heterocycles. The second-order valence-electron chi connectivity index (χ2n) is 11.7. The number of anilines is 2. The van der Waals surface area contributed by atoms with E-state index in [1.165, 1.54) is 0 Å². The second kappa shape index (κ2) is 12.4. The Morgan fingerprint density at radius 3 is 2.74 bits per heavy atom. The molecule has 1 atom stereocenters. The molecule has 2 aliphatic rings. The number of nitrogens with one attached hydrogen (secondary N) is 1. The fourth-order valence-corrected chi connectivity index (χ4v) is 6.19. The minimum absolute atomic E-state index is 0.0128. The SMILES string of the molecule is Cc1c(NC2CCCN(C(=O)CC#N)C2)nc(-c2cnc3ccccn23)nc1-c1ccnc(N2CCC(N(C)C)CC2)c1. The van der Waals surface area contributed by atoms with Crippen LogP contribution in [0.1, 0.15) is 37.7 Å². The highest BCUT2D eigenvalue weighted by Crippen LogP contribution is 2.32. The number of hydrogen-bond donors (Lipinski definition) is 1. The summed E-state index contributed by atoms with van der Waals surface area (Å²) in [4.78, 5) is 38.4. The number of nitrogens with zero attached hydrogens (tertiary/aromatic N) is 9. The molecule has 11 nitrogen and oxygen atoms in total. The monoisotopic (exact) mass is 578 g/mol. The number of rotatable bonds is 7. The lowest BCUT2D eigenvalue weighted by atomic mass is 10.0. The number of amides is 1. The van der Waals surface area contributed by atoms with Crippen LogP contribution >= 0.6 is 0 Å². The molecule has 4 aromatic rings. The zero-order valence-corrected chi connectivity index (χ0v) is 25.1. The molecule has 2 aliphatic heterocycles. The average molecular weight is 579 g/mol. The molecule has 1 N–H and O–H groups in total. The first-order valence-electron chi connectivity index (χ1n) is 15.0. The number of imidazole rings is 1. The molecule has 6 rings (SSSR count). The van der Waals surface area contributed by atoms with Gasteiger partial charge in [0.25, 0.3) is 0 Å². The summed E-state index contributed by atoms with van der Waals surface area (Å²) in [7, 11) is 4.30. The maximum atomic E-state index is 12.5. The lowest BCUT2D eigenvalue weighted by Gasteiger charge is -2.36. The first-order valence-corrected chi connectivity index (χ1v) is 15.0. The van der Waals surface area contributed by atoms with Crippen molar-refractivity contribution in [2.45, 2.75) is 51.1 Å². The third kappa shape index (κ3) is 6.01. The smallest absolute Gasteiger partial charge is 0.236 e. The first kappa shape index (κ1) is 28.6. The van der Waals surface area contributed by atoms with Crippen LogP contribution in [0.5, 0.6) is 0 Å². The van der Waals surface area contributed by atoms with Gasteiger partial charge in [-0.15, -0.1) is 0 Å². The van der Waals surface area contributed by atoms with Gasteiger partial charge in [0.2, 0.25) is 5.91 Å². The van der Waals surface area contributed by atoms with Crippen LogP contribution in [0.2, 0.25) is 0 Å². The summed E-state index contributed by atoms with van der Waals surface area (Å²) in [5.41, 5.74) is 4.37. The summed E-state index contributed by atoms with van der Waals surface area (Å²) in [6.45, 7) is 5.17. The van der Waals surface area contributed by atoms with Crippen molar-refractivity contribution < 1.29 is 4.79 Å². The molecule has 2 fully saturated rings. The van der Waals surface area contributed by atoms with Gasteiger partial charge < -0.3 is 20.0 Å². The number of nitriles is 1. The number of aromatic nitrogens is 5. The van der Waals surface area contributed by atoms with E-state index in [0.717, 1.165) is 78.6 Å². The maximum absolute atomic E-state index is 12.5. The molecule has 0 bridgehead atoms. The minimum Gasteiger partial charge on any atom is -0.365 e. The number of likely N-dealkylation sites (tertiary alicyclic amines) is 1. The van der Waals surface area contributed by atoms with E-state index in [9.17, 15) is 4.79 Å². The zero-order valence-electron chi connectivity index (χ0n) is 25.1. The van der Waals surface area contributed by atoms with Crippen LogP contribution in [0.15, 0.2) is 48.9 Å². The van der Waals surface area contributed by atoms with Crippen LogP contribution in [0.25, 0.3) is 28.4 Å². The summed E-state index contributed by atoms with van der Waals surface area (Å²) in [5.74, 6) is 2.13. The highest BCUT2D eigenvalue weighted by Gasteiger charge is 2.26. The van der Waals surface area contributed by atoms with Gasteiger partial charge in [-0.3, -0.25) is 9.20 Å². The summed E-state index contributed by atoms with van der Waals surface area (Å²) >= 11 is 0. The van der Waals surface area contributed by atoms with Crippen LogP contribution in [-0.4, -0.2) is 92.4 Å². The number of piperidine rings is 2. The van der Waals surface area contributed by atoms with Gasteiger partial charge in [0.1, 0.15) is 29.4 Å². The maximum Gasteiger partial charge on any atom is 0.236 e. The van der Waals surface area contributed by atoms with E-state index in [1.54, 1.807) is 4.90 Å². The Bertz CT molecular complexity index is 1650. The Morgan fingerprint density at radius 1 is 1.12 bits per heavy atom. The predicted molar refractivity (Wildman–Crippen MR) is 167 cm³/mol. The van der Waals surface area contributed by atoms with Crippen LogP contribution in [-0.2, 0) is 4.79 Å². The Kier molecular flexibility index (Phi) is 8.20. The average Bonchev–Trinajstić information content (AvgIpc) is 3.47. The van der Waals surface area contributed by atoms with Crippen LogP contribution in [0.4, 0.5) is 11.6 Å². The van der Waals surface area contributed by atoms with E-state index in [-0.39, 0.29) is 18.4 Å². The Hall–Kier alpha value is -4.56. The number of pyridine rings is 2. The molecule has 0 aliphatic carbocycles. The largest absolute Gasteiger partial charge is 0.365 e. The molecular formula is C32H38N10O. The van der Waals surface area contributed by atoms with E-state index in [1.807, 2.05) is 60.2 Å². The molecular weight excluding hydrogens is 540 g/mol. The number of carbonyl (C=O) groups is 1. The molecule has 0 radical (unpaired) electrons. The molecule has 222 valence electrons. The molecule has 4 aromatic heterocycles. The Labute approximate surface area is 252 Å². The van der Waals surface area contributed by atoms with Crippen LogP contribution in [0, 0.1) is 18.3 Å². The number of fused-ring (bicyclic) bond motifs is 1. The van der Waals surface area contributed by atoms with Gasteiger partial charge in [-0.1, -0.05) is 6.07 Å². The highest BCUT2D eigenvalue weighted by molar-refractivity contribution is 5.78. The van der Waals surface area contributed by atoms with Gasteiger partial charge in [-0.05, 0) is 71.0 Å². The van der Waals surface area contributed by atoms with E-state index in [0.29, 0.717) is 25.0 Å². The van der Waals surface area contributed by atoms with Crippen LogP contribution < -0.4 is 10.2 Å². The number of hydrogen-bond acceptors (Lipinski definition) is 9.